The normalized spacial score (nSPS) is 24.4. The highest BCUT2D eigenvalue weighted by atomic mass is 31.2. The van der Waals surface area contributed by atoms with E-state index in [1.165, 1.54) is 0 Å². The van der Waals surface area contributed by atoms with E-state index in [1.807, 2.05) is 0 Å². The molecular weight excluding hydrogens is 314 g/mol. The Kier molecular flexibility index (Phi) is 5.04. The van der Waals surface area contributed by atoms with Gasteiger partial charge in [-0.1, -0.05) is 0 Å². The molecule has 0 bridgehead atoms. The van der Waals surface area contributed by atoms with Gasteiger partial charge in [0.1, 0.15) is 0 Å². The molecule has 118 valence electrons. The standard InChI is InChI=1S/C8H18N2O8P2/c1-5-6(10-7(11)9-5)3-2-4-8(12,19(13,14)15)20(16,17)18/h5-6,12H,2-4H2,1H3,(H2,9,10,11)(H2,13,14,15)(H2,16,17,18). The third kappa shape index (κ3) is 3.59. The highest BCUT2D eigenvalue weighted by Gasteiger charge is 2.58. The van der Waals surface area contributed by atoms with Gasteiger partial charge in [-0.2, -0.15) is 0 Å². The number of rotatable bonds is 6. The molecule has 0 spiro atoms. The summed E-state index contributed by atoms with van der Waals surface area (Å²) in [6.07, 6.45) is -0.646. The predicted octanol–water partition coefficient (Wildman–Crippen LogP) is -0.772. The largest absolute Gasteiger partial charge is 0.369 e. The lowest BCUT2D eigenvalue weighted by Crippen LogP contribution is -2.33. The summed E-state index contributed by atoms with van der Waals surface area (Å²) < 4.78 is 22.2. The molecule has 12 heteroatoms. The van der Waals surface area contributed by atoms with Crippen LogP contribution in [-0.2, 0) is 9.13 Å². The van der Waals surface area contributed by atoms with Crippen LogP contribution in [0.5, 0.6) is 0 Å². The molecule has 10 nitrogen and oxygen atoms in total. The Labute approximate surface area is 114 Å². The van der Waals surface area contributed by atoms with Crippen LogP contribution in [-0.4, -0.2) is 47.9 Å². The zero-order valence-corrected chi connectivity index (χ0v) is 12.4. The fraction of sp³-hybridized carbons (Fsp3) is 0.875. The van der Waals surface area contributed by atoms with E-state index < -0.39 is 26.7 Å². The lowest BCUT2D eigenvalue weighted by molar-refractivity contribution is 0.119. The number of nitrogens with one attached hydrogen (secondary N) is 2. The number of carbonyl (C=O) groups is 1. The van der Waals surface area contributed by atoms with E-state index in [9.17, 15) is 19.0 Å². The summed E-state index contributed by atoms with van der Waals surface area (Å²) in [7, 11) is -10.8. The van der Waals surface area contributed by atoms with Gasteiger partial charge in [-0.3, -0.25) is 9.13 Å². The minimum Gasteiger partial charge on any atom is -0.368 e. The zero-order chi connectivity index (χ0) is 15.8. The van der Waals surface area contributed by atoms with Gasteiger partial charge in [0.05, 0.1) is 6.04 Å². The molecule has 1 heterocycles. The summed E-state index contributed by atoms with van der Waals surface area (Å²) in [6.45, 7) is 1.71. The van der Waals surface area contributed by atoms with Crippen LogP contribution in [0, 0.1) is 0 Å². The molecule has 1 saturated heterocycles. The first-order chi connectivity index (χ1) is 8.88. The van der Waals surface area contributed by atoms with Crippen molar-refractivity contribution in [1.82, 2.24) is 10.6 Å². The molecule has 1 aliphatic heterocycles. The van der Waals surface area contributed by atoms with Crippen LogP contribution in [0.15, 0.2) is 0 Å². The summed E-state index contributed by atoms with van der Waals surface area (Å²) in [5, 5.41) is 11.4. The van der Waals surface area contributed by atoms with Crippen LogP contribution in [0.4, 0.5) is 4.79 Å². The van der Waals surface area contributed by atoms with E-state index in [0.717, 1.165) is 0 Å². The number of amides is 2. The molecule has 1 fully saturated rings. The number of hydrogen-bond donors (Lipinski definition) is 7. The summed E-state index contributed by atoms with van der Waals surface area (Å²) >= 11 is 0. The van der Waals surface area contributed by atoms with Gasteiger partial charge in [0.25, 0.3) is 5.08 Å². The van der Waals surface area contributed by atoms with Crippen LogP contribution in [0.3, 0.4) is 0 Å². The molecule has 2 amide bonds. The van der Waals surface area contributed by atoms with Crippen molar-refractivity contribution in [2.24, 2.45) is 0 Å². The first-order valence-electron chi connectivity index (χ1n) is 5.79. The highest BCUT2D eigenvalue weighted by molar-refractivity contribution is 7.72. The molecule has 0 radical (unpaired) electrons. The molecule has 0 aromatic heterocycles. The monoisotopic (exact) mass is 332 g/mol. The highest BCUT2D eigenvalue weighted by Crippen LogP contribution is 2.69. The van der Waals surface area contributed by atoms with Crippen molar-refractivity contribution in [3.8, 4) is 0 Å². The van der Waals surface area contributed by atoms with Crippen LogP contribution in [0.2, 0.25) is 0 Å². The zero-order valence-electron chi connectivity index (χ0n) is 10.6. The second kappa shape index (κ2) is 5.73. The minimum absolute atomic E-state index is 0.0797. The minimum atomic E-state index is -5.41. The SMILES string of the molecule is CC1NC(=O)NC1CCCC(O)(P(=O)(O)O)P(=O)(O)O. The Morgan fingerprint density at radius 1 is 1.15 bits per heavy atom. The van der Waals surface area contributed by atoms with Crippen molar-refractivity contribution in [3.05, 3.63) is 0 Å². The van der Waals surface area contributed by atoms with Crippen molar-refractivity contribution in [2.45, 2.75) is 43.4 Å². The van der Waals surface area contributed by atoms with Crippen molar-refractivity contribution in [1.29, 1.82) is 0 Å². The summed E-state index contributed by atoms with van der Waals surface area (Å²) in [6, 6.07) is -0.941. The second-order valence-corrected chi connectivity index (χ2v) is 8.78. The fourth-order valence-corrected chi connectivity index (χ4v) is 4.24. The molecule has 2 atom stereocenters. The second-order valence-electron chi connectivity index (χ2n) is 4.77. The van der Waals surface area contributed by atoms with Gasteiger partial charge in [0.2, 0.25) is 0 Å². The molecular formula is C8H18N2O8P2. The Balaban J connectivity index is 2.68. The Morgan fingerprint density at radius 3 is 2.00 bits per heavy atom. The lowest BCUT2D eigenvalue weighted by atomic mass is 10.1. The molecule has 7 N–H and O–H groups in total. The Morgan fingerprint density at radius 2 is 1.65 bits per heavy atom. The van der Waals surface area contributed by atoms with Crippen LogP contribution >= 0.6 is 15.2 Å². The van der Waals surface area contributed by atoms with Crippen molar-refractivity contribution < 1.29 is 38.6 Å². The molecule has 0 aromatic carbocycles. The first kappa shape index (κ1) is 17.6. The number of carbonyl (C=O) groups excluding carboxylic acids is 1. The molecule has 20 heavy (non-hydrogen) atoms. The van der Waals surface area contributed by atoms with Crippen molar-refractivity contribution >= 4 is 21.2 Å². The van der Waals surface area contributed by atoms with Gasteiger partial charge >= 0.3 is 21.2 Å². The summed E-state index contributed by atoms with van der Waals surface area (Å²) in [4.78, 5) is 46.8. The topological polar surface area (TPSA) is 176 Å². The van der Waals surface area contributed by atoms with Crippen molar-refractivity contribution in [2.75, 3.05) is 0 Å². The summed E-state index contributed by atoms with van der Waals surface area (Å²) in [5.41, 5.74) is 0. The predicted molar refractivity (Wildman–Crippen MR) is 67.8 cm³/mol. The average Bonchev–Trinajstić information content (AvgIpc) is 2.54. The van der Waals surface area contributed by atoms with Gasteiger partial charge in [0, 0.05) is 6.04 Å². The maximum Gasteiger partial charge on any atom is 0.369 e. The fourth-order valence-electron chi connectivity index (χ4n) is 1.98. The molecule has 0 saturated carbocycles. The van der Waals surface area contributed by atoms with Crippen molar-refractivity contribution in [3.63, 3.8) is 0 Å². The van der Waals surface area contributed by atoms with Crippen LogP contribution in [0.1, 0.15) is 26.2 Å². The van der Waals surface area contributed by atoms with E-state index in [-0.39, 0.29) is 31.0 Å². The maximum atomic E-state index is 11.1. The van der Waals surface area contributed by atoms with Gasteiger partial charge in [-0.15, -0.1) is 0 Å². The Bertz CT molecular complexity index is 449. The quantitative estimate of drug-likeness (QED) is 0.310. The molecule has 1 aliphatic rings. The molecule has 0 aliphatic carbocycles. The van der Waals surface area contributed by atoms with Gasteiger partial charge in [-0.25, -0.2) is 4.79 Å². The first-order valence-corrected chi connectivity index (χ1v) is 9.01. The van der Waals surface area contributed by atoms with E-state index in [1.54, 1.807) is 6.92 Å². The number of urea groups is 1. The van der Waals surface area contributed by atoms with Gasteiger partial charge in [0.15, 0.2) is 0 Å². The third-order valence-electron chi connectivity index (χ3n) is 3.24. The molecule has 1 rings (SSSR count). The smallest absolute Gasteiger partial charge is 0.368 e. The van der Waals surface area contributed by atoms with E-state index >= 15 is 0 Å². The number of hydrogen-bond acceptors (Lipinski definition) is 4. The molecule has 0 aromatic rings. The summed E-state index contributed by atoms with van der Waals surface area (Å²) in [5.74, 6) is 0. The lowest BCUT2D eigenvalue weighted by Gasteiger charge is -2.29. The molecule has 2 unspecified atom stereocenters. The average molecular weight is 332 g/mol. The number of aliphatic hydroxyl groups is 1. The third-order valence-corrected chi connectivity index (χ3v) is 7.12. The van der Waals surface area contributed by atoms with E-state index in [2.05, 4.69) is 10.6 Å². The van der Waals surface area contributed by atoms with Crippen LogP contribution in [0.25, 0.3) is 0 Å². The van der Waals surface area contributed by atoms with Crippen LogP contribution < -0.4 is 10.6 Å². The Hall–Kier alpha value is -0.470. The maximum absolute atomic E-state index is 11.1. The van der Waals surface area contributed by atoms with E-state index in [0.29, 0.717) is 0 Å². The van der Waals surface area contributed by atoms with Gasteiger partial charge in [-0.05, 0) is 26.2 Å². The van der Waals surface area contributed by atoms with Gasteiger partial charge < -0.3 is 35.3 Å². The van der Waals surface area contributed by atoms with E-state index in [4.69, 9.17) is 19.6 Å².